The average Bonchev–Trinajstić information content (AvgIpc) is 2.69. The molecule has 1 amide bonds. The lowest BCUT2D eigenvalue weighted by molar-refractivity contribution is 0.0936. The van der Waals surface area contributed by atoms with Crippen LogP contribution in [0.3, 0.4) is 0 Å². The van der Waals surface area contributed by atoms with Crippen LogP contribution >= 0.6 is 0 Å². The zero-order valence-electron chi connectivity index (χ0n) is 15.4. The Morgan fingerprint density at radius 3 is 2.73 bits per heavy atom. The Labute approximate surface area is 155 Å². The van der Waals surface area contributed by atoms with Gasteiger partial charge in [0, 0.05) is 32.9 Å². The maximum atomic E-state index is 12.2. The highest BCUT2D eigenvalue weighted by Gasteiger charge is 2.20. The maximum Gasteiger partial charge on any atom is 0.253 e. The van der Waals surface area contributed by atoms with Crippen LogP contribution in [0.2, 0.25) is 0 Å². The van der Waals surface area contributed by atoms with Gasteiger partial charge >= 0.3 is 0 Å². The summed E-state index contributed by atoms with van der Waals surface area (Å²) in [4.78, 5) is 18.8. The van der Waals surface area contributed by atoms with E-state index in [1.54, 1.807) is 13.3 Å². The van der Waals surface area contributed by atoms with Crippen molar-refractivity contribution in [3.05, 3.63) is 59.9 Å². The van der Waals surface area contributed by atoms with Gasteiger partial charge in [-0.2, -0.15) is 0 Å². The minimum atomic E-state index is -0.102. The Kier molecular flexibility index (Phi) is 6.61. The van der Waals surface area contributed by atoms with Crippen LogP contribution in [-0.2, 0) is 11.2 Å². The molecule has 1 fully saturated rings. The summed E-state index contributed by atoms with van der Waals surface area (Å²) in [7, 11) is 1.62. The number of piperidine rings is 1. The molecule has 5 nitrogen and oxygen atoms in total. The van der Waals surface area contributed by atoms with E-state index in [-0.39, 0.29) is 5.91 Å². The number of aromatic nitrogens is 1. The third-order valence-corrected chi connectivity index (χ3v) is 4.92. The van der Waals surface area contributed by atoms with Crippen LogP contribution in [0.1, 0.15) is 28.8 Å². The topological polar surface area (TPSA) is 54.5 Å². The van der Waals surface area contributed by atoms with Crippen LogP contribution in [-0.4, -0.2) is 44.2 Å². The molecule has 1 aromatic heterocycles. The van der Waals surface area contributed by atoms with E-state index in [1.165, 1.54) is 18.4 Å². The van der Waals surface area contributed by atoms with Crippen molar-refractivity contribution in [1.29, 1.82) is 0 Å². The lowest BCUT2D eigenvalue weighted by Crippen LogP contribution is -2.34. The second-order valence-electron chi connectivity index (χ2n) is 6.80. The van der Waals surface area contributed by atoms with Gasteiger partial charge in [0.1, 0.15) is 0 Å². The van der Waals surface area contributed by atoms with E-state index in [4.69, 9.17) is 4.74 Å². The first-order valence-electron chi connectivity index (χ1n) is 9.27. The van der Waals surface area contributed by atoms with E-state index in [0.29, 0.717) is 18.7 Å². The van der Waals surface area contributed by atoms with Crippen molar-refractivity contribution in [1.82, 2.24) is 10.3 Å². The van der Waals surface area contributed by atoms with Crippen molar-refractivity contribution >= 4 is 11.6 Å². The summed E-state index contributed by atoms with van der Waals surface area (Å²) in [6.07, 6.45) is 6.95. The highest BCUT2D eigenvalue weighted by Crippen LogP contribution is 2.25. The zero-order valence-corrected chi connectivity index (χ0v) is 15.4. The Bertz CT molecular complexity index is 697. The van der Waals surface area contributed by atoms with E-state index in [9.17, 15) is 4.79 Å². The summed E-state index contributed by atoms with van der Waals surface area (Å²) in [6, 6.07) is 12.6. The summed E-state index contributed by atoms with van der Waals surface area (Å²) in [6.45, 7) is 3.03. The number of nitrogens with zero attached hydrogens (tertiary/aromatic N) is 2. The molecule has 138 valence electrons. The lowest BCUT2D eigenvalue weighted by atomic mass is 9.90. The molecule has 0 bridgehead atoms. The molecule has 3 rings (SSSR count). The number of carbonyl (C=O) groups excluding carboxylic acids is 1. The maximum absolute atomic E-state index is 12.2. The number of amides is 1. The monoisotopic (exact) mass is 353 g/mol. The van der Waals surface area contributed by atoms with Gasteiger partial charge < -0.3 is 15.0 Å². The molecule has 2 heterocycles. The second kappa shape index (κ2) is 9.34. The normalized spacial score (nSPS) is 15.0. The molecule has 1 N–H and O–H groups in total. The number of nitrogens with one attached hydrogen (secondary N) is 1. The zero-order chi connectivity index (χ0) is 18.2. The Morgan fingerprint density at radius 1 is 1.23 bits per heavy atom. The Hall–Kier alpha value is -2.40. The molecular formula is C21H27N3O2. The standard InChI is InChI=1S/C21H27N3O2/c1-26-12-9-23-21(25)19-14-20(16-22-15-19)24-10-7-18(8-11-24)13-17-5-3-2-4-6-17/h2-6,14-16,18H,7-13H2,1H3,(H,23,25). The van der Waals surface area contributed by atoms with Crippen LogP contribution in [0, 0.1) is 5.92 Å². The fraction of sp³-hybridized carbons (Fsp3) is 0.429. The van der Waals surface area contributed by atoms with Gasteiger partial charge in [0.25, 0.3) is 5.91 Å². The van der Waals surface area contributed by atoms with E-state index >= 15 is 0 Å². The number of pyridine rings is 1. The molecule has 1 aliphatic rings. The van der Waals surface area contributed by atoms with Gasteiger partial charge in [0.05, 0.1) is 24.1 Å². The summed E-state index contributed by atoms with van der Waals surface area (Å²) >= 11 is 0. The molecule has 1 aromatic carbocycles. The fourth-order valence-electron chi connectivity index (χ4n) is 3.44. The molecular weight excluding hydrogens is 326 g/mol. The van der Waals surface area contributed by atoms with Gasteiger partial charge in [-0.15, -0.1) is 0 Å². The molecule has 0 saturated carbocycles. The Balaban J connectivity index is 1.54. The number of anilines is 1. The van der Waals surface area contributed by atoms with Crippen molar-refractivity contribution in [3.63, 3.8) is 0 Å². The lowest BCUT2D eigenvalue weighted by Gasteiger charge is -2.33. The minimum absolute atomic E-state index is 0.102. The number of hydrogen-bond donors (Lipinski definition) is 1. The van der Waals surface area contributed by atoms with Gasteiger partial charge in [0.15, 0.2) is 0 Å². The molecule has 1 aliphatic heterocycles. The first-order valence-corrected chi connectivity index (χ1v) is 9.27. The van der Waals surface area contributed by atoms with E-state index < -0.39 is 0 Å². The highest BCUT2D eigenvalue weighted by molar-refractivity contribution is 5.94. The third-order valence-electron chi connectivity index (χ3n) is 4.92. The predicted molar refractivity (Wildman–Crippen MR) is 104 cm³/mol. The highest BCUT2D eigenvalue weighted by atomic mass is 16.5. The van der Waals surface area contributed by atoms with Crippen LogP contribution in [0.4, 0.5) is 5.69 Å². The molecule has 1 saturated heterocycles. The van der Waals surface area contributed by atoms with Gasteiger partial charge in [-0.25, -0.2) is 0 Å². The molecule has 0 atom stereocenters. The SMILES string of the molecule is COCCNC(=O)c1cncc(N2CCC(Cc3ccccc3)CC2)c1. The first-order chi connectivity index (χ1) is 12.8. The van der Waals surface area contributed by atoms with Crippen molar-refractivity contribution in [2.75, 3.05) is 38.3 Å². The minimum Gasteiger partial charge on any atom is -0.383 e. The average molecular weight is 353 g/mol. The molecule has 0 unspecified atom stereocenters. The second-order valence-corrected chi connectivity index (χ2v) is 6.80. The van der Waals surface area contributed by atoms with E-state index in [0.717, 1.165) is 31.1 Å². The first kappa shape index (κ1) is 18.4. The van der Waals surface area contributed by atoms with Crippen LogP contribution in [0.25, 0.3) is 0 Å². The fourth-order valence-corrected chi connectivity index (χ4v) is 3.44. The van der Waals surface area contributed by atoms with Crippen LogP contribution < -0.4 is 10.2 Å². The quantitative estimate of drug-likeness (QED) is 0.778. The number of hydrogen-bond acceptors (Lipinski definition) is 4. The summed E-state index contributed by atoms with van der Waals surface area (Å²) < 4.78 is 4.96. The van der Waals surface area contributed by atoms with Crippen molar-refractivity contribution in [2.45, 2.75) is 19.3 Å². The molecule has 0 spiro atoms. The molecule has 0 radical (unpaired) electrons. The van der Waals surface area contributed by atoms with Crippen LogP contribution in [0.5, 0.6) is 0 Å². The summed E-state index contributed by atoms with van der Waals surface area (Å²) in [5.41, 5.74) is 3.05. The smallest absolute Gasteiger partial charge is 0.253 e. The largest absolute Gasteiger partial charge is 0.383 e. The van der Waals surface area contributed by atoms with Gasteiger partial charge in [0.2, 0.25) is 0 Å². The molecule has 5 heteroatoms. The van der Waals surface area contributed by atoms with Crippen molar-refractivity contribution < 1.29 is 9.53 Å². The summed E-state index contributed by atoms with van der Waals surface area (Å²) in [5.74, 6) is 0.623. The number of benzene rings is 1. The van der Waals surface area contributed by atoms with Gasteiger partial charge in [-0.05, 0) is 36.8 Å². The number of rotatable bonds is 7. The third kappa shape index (κ3) is 5.05. The van der Waals surface area contributed by atoms with Crippen molar-refractivity contribution in [3.8, 4) is 0 Å². The van der Waals surface area contributed by atoms with E-state index in [1.807, 2.05) is 12.3 Å². The summed E-state index contributed by atoms with van der Waals surface area (Å²) in [5, 5.41) is 2.84. The van der Waals surface area contributed by atoms with Crippen LogP contribution in [0.15, 0.2) is 48.8 Å². The number of ether oxygens (including phenoxy) is 1. The van der Waals surface area contributed by atoms with Gasteiger partial charge in [-0.1, -0.05) is 30.3 Å². The Morgan fingerprint density at radius 2 is 2.00 bits per heavy atom. The number of methoxy groups -OCH3 is 1. The molecule has 0 aliphatic carbocycles. The molecule has 26 heavy (non-hydrogen) atoms. The molecule has 2 aromatic rings. The van der Waals surface area contributed by atoms with Gasteiger partial charge in [-0.3, -0.25) is 9.78 Å². The van der Waals surface area contributed by atoms with E-state index in [2.05, 4.69) is 45.5 Å². The number of carbonyl (C=O) groups is 1. The predicted octanol–water partition coefficient (Wildman–Crippen LogP) is 2.92. The van der Waals surface area contributed by atoms with Crippen molar-refractivity contribution in [2.24, 2.45) is 5.92 Å².